The second kappa shape index (κ2) is 7.05. The minimum atomic E-state index is -0.593. The third-order valence-corrected chi connectivity index (χ3v) is 3.97. The molecule has 0 amide bonds. The molecule has 3 heteroatoms. The standard InChI is InChI=1S/C13H22O2S/c1-3-11(4-2)13(15)12(14)6-5-10-7-8-16-9-10/h7-9,11-15H,3-6H2,1-2H3. The molecular weight excluding hydrogens is 220 g/mol. The van der Waals surface area contributed by atoms with Crippen molar-refractivity contribution in [2.75, 3.05) is 0 Å². The Hall–Kier alpha value is -0.380. The molecule has 0 fully saturated rings. The molecule has 0 aliphatic heterocycles. The van der Waals surface area contributed by atoms with Crippen LogP contribution >= 0.6 is 11.3 Å². The molecule has 1 rings (SSSR count). The fourth-order valence-electron chi connectivity index (χ4n) is 2.01. The smallest absolute Gasteiger partial charge is 0.0827 e. The van der Waals surface area contributed by atoms with Gasteiger partial charge in [0.2, 0.25) is 0 Å². The summed E-state index contributed by atoms with van der Waals surface area (Å²) in [5, 5.41) is 24.0. The van der Waals surface area contributed by atoms with E-state index >= 15 is 0 Å². The van der Waals surface area contributed by atoms with Crippen molar-refractivity contribution >= 4 is 11.3 Å². The lowest BCUT2D eigenvalue weighted by molar-refractivity contribution is -0.0229. The first-order valence-electron chi connectivity index (χ1n) is 6.06. The van der Waals surface area contributed by atoms with Crippen LogP contribution in [0.5, 0.6) is 0 Å². The number of aliphatic hydroxyl groups is 2. The molecule has 2 nitrogen and oxygen atoms in total. The monoisotopic (exact) mass is 242 g/mol. The number of hydrogen-bond acceptors (Lipinski definition) is 3. The van der Waals surface area contributed by atoms with Gasteiger partial charge in [-0.2, -0.15) is 11.3 Å². The van der Waals surface area contributed by atoms with Gasteiger partial charge in [0.05, 0.1) is 12.2 Å². The Morgan fingerprint density at radius 1 is 1.25 bits per heavy atom. The molecular formula is C13H22O2S. The number of rotatable bonds is 7. The summed E-state index contributed by atoms with van der Waals surface area (Å²) in [4.78, 5) is 0. The van der Waals surface area contributed by atoms with Crippen molar-refractivity contribution in [3.8, 4) is 0 Å². The van der Waals surface area contributed by atoms with Gasteiger partial charge >= 0.3 is 0 Å². The maximum absolute atomic E-state index is 9.96. The SMILES string of the molecule is CCC(CC)C(O)C(O)CCc1ccsc1. The third kappa shape index (κ3) is 3.89. The molecule has 16 heavy (non-hydrogen) atoms. The van der Waals surface area contributed by atoms with Crippen molar-refractivity contribution in [3.05, 3.63) is 22.4 Å². The second-order valence-corrected chi connectivity index (χ2v) is 5.08. The molecule has 0 aromatic carbocycles. The summed E-state index contributed by atoms with van der Waals surface area (Å²) in [5.41, 5.74) is 1.25. The van der Waals surface area contributed by atoms with Gasteiger partial charge in [0, 0.05) is 0 Å². The van der Waals surface area contributed by atoms with E-state index in [9.17, 15) is 10.2 Å². The molecule has 92 valence electrons. The molecule has 0 saturated carbocycles. The first-order valence-corrected chi connectivity index (χ1v) is 7.00. The van der Waals surface area contributed by atoms with E-state index in [1.165, 1.54) is 5.56 Å². The lowest BCUT2D eigenvalue weighted by atomic mass is 9.90. The van der Waals surface area contributed by atoms with Crippen LogP contribution in [0.1, 0.15) is 38.7 Å². The van der Waals surface area contributed by atoms with Crippen LogP contribution in [0.4, 0.5) is 0 Å². The molecule has 0 bridgehead atoms. The quantitative estimate of drug-likeness (QED) is 0.772. The number of aryl methyl sites for hydroxylation is 1. The molecule has 0 aliphatic rings. The molecule has 1 heterocycles. The first-order chi connectivity index (χ1) is 7.69. The summed E-state index contributed by atoms with van der Waals surface area (Å²) in [6.45, 7) is 4.12. The second-order valence-electron chi connectivity index (χ2n) is 4.30. The summed E-state index contributed by atoms with van der Waals surface area (Å²) in [6.07, 6.45) is 2.18. The van der Waals surface area contributed by atoms with Crippen molar-refractivity contribution in [2.24, 2.45) is 5.92 Å². The number of hydrogen-bond donors (Lipinski definition) is 2. The first kappa shape index (κ1) is 13.7. The molecule has 1 aromatic rings. The van der Waals surface area contributed by atoms with Crippen LogP contribution < -0.4 is 0 Å². The number of thiophene rings is 1. The van der Waals surface area contributed by atoms with Crippen LogP contribution in [0.15, 0.2) is 16.8 Å². The van der Waals surface area contributed by atoms with Gasteiger partial charge in [0.25, 0.3) is 0 Å². The highest BCUT2D eigenvalue weighted by atomic mass is 32.1. The topological polar surface area (TPSA) is 40.5 Å². The summed E-state index contributed by atoms with van der Waals surface area (Å²) in [5.74, 6) is 0.220. The fourth-order valence-corrected chi connectivity index (χ4v) is 2.71. The molecule has 0 spiro atoms. The Bertz CT molecular complexity index is 267. The minimum Gasteiger partial charge on any atom is -0.390 e. The third-order valence-electron chi connectivity index (χ3n) is 3.23. The van der Waals surface area contributed by atoms with Crippen molar-refractivity contribution in [3.63, 3.8) is 0 Å². The molecule has 0 radical (unpaired) electrons. The van der Waals surface area contributed by atoms with Crippen LogP contribution in [0.3, 0.4) is 0 Å². The van der Waals surface area contributed by atoms with E-state index < -0.39 is 12.2 Å². The minimum absolute atomic E-state index is 0.220. The van der Waals surface area contributed by atoms with Gasteiger partial charge in [-0.3, -0.25) is 0 Å². The van der Waals surface area contributed by atoms with Crippen molar-refractivity contribution in [1.29, 1.82) is 0 Å². The molecule has 2 unspecified atom stereocenters. The van der Waals surface area contributed by atoms with Crippen LogP contribution in [0.2, 0.25) is 0 Å². The van der Waals surface area contributed by atoms with E-state index in [1.54, 1.807) is 11.3 Å². The Balaban J connectivity index is 2.36. The molecule has 0 saturated heterocycles. The van der Waals surface area contributed by atoms with Gasteiger partial charge in [-0.15, -0.1) is 0 Å². The van der Waals surface area contributed by atoms with Crippen LogP contribution in [-0.2, 0) is 6.42 Å². The predicted molar refractivity (Wildman–Crippen MR) is 68.7 cm³/mol. The predicted octanol–water partition coefficient (Wildman–Crippen LogP) is 2.84. The van der Waals surface area contributed by atoms with E-state index in [2.05, 4.69) is 25.3 Å². The lowest BCUT2D eigenvalue weighted by Crippen LogP contribution is -2.33. The Morgan fingerprint density at radius 2 is 1.94 bits per heavy atom. The summed E-state index contributed by atoms with van der Waals surface area (Å²) in [7, 11) is 0. The Kier molecular flexibility index (Phi) is 6.03. The van der Waals surface area contributed by atoms with Gasteiger partial charge in [-0.25, -0.2) is 0 Å². The van der Waals surface area contributed by atoms with Gasteiger partial charge in [-0.05, 0) is 41.1 Å². The highest BCUT2D eigenvalue weighted by Gasteiger charge is 2.23. The van der Waals surface area contributed by atoms with Gasteiger partial charge in [-0.1, -0.05) is 26.7 Å². The highest BCUT2D eigenvalue weighted by Crippen LogP contribution is 2.19. The average molecular weight is 242 g/mol. The van der Waals surface area contributed by atoms with E-state index in [-0.39, 0.29) is 5.92 Å². The Morgan fingerprint density at radius 3 is 2.44 bits per heavy atom. The maximum atomic E-state index is 9.96. The van der Waals surface area contributed by atoms with E-state index in [0.29, 0.717) is 6.42 Å². The van der Waals surface area contributed by atoms with E-state index in [0.717, 1.165) is 19.3 Å². The lowest BCUT2D eigenvalue weighted by Gasteiger charge is -2.24. The summed E-state index contributed by atoms with van der Waals surface area (Å²) < 4.78 is 0. The maximum Gasteiger partial charge on any atom is 0.0827 e. The molecule has 2 N–H and O–H groups in total. The van der Waals surface area contributed by atoms with E-state index in [4.69, 9.17) is 0 Å². The van der Waals surface area contributed by atoms with Crippen LogP contribution in [-0.4, -0.2) is 22.4 Å². The van der Waals surface area contributed by atoms with Crippen LogP contribution in [0.25, 0.3) is 0 Å². The highest BCUT2D eigenvalue weighted by molar-refractivity contribution is 7.07. The van der Waals surface area contributed by atoms with Crippen molar-refractivity contribution in [1.82, 2.24) is 0 Å². The fraction of sp³-hybridized carbons (Fsp3) is 0.692. The van der Waals surface area contributed by atoms with Crippen molar-refractivity contribution in [2.45, 2.75) is 51.7 Å². The van der Waals surface area contributed by atoms with E-state index in [1.807, 2.05) is 5.38 Å². The number of aliphatic hydroxyl groups excluding tert-OH is 2. The normalized spacial score (nSPS) is 15.3. The summed E-state index contributed by atoms with van der Waals surface area (Å²) >= 11 is 1.67. The van der Waals surface area contributed by atoms with Gasteiger partial charge in [0.15, 0.2) is 0 Å². The Labute approximate surface area is 102 Å². The largest absolute Gasteiger partial charge is 0.390 e. The van der Waals surface area contributed by atoms with Gasteiger partial charge in [0.1, 0.15) is 0 Å². The zero-order chi connectivity index (χ0) is 12.0. The zero-order valence-corrected chi connectivity index (χ0v) is 10.9. The average Bonchev–Trinajstić information content (AvgIpc) is 2.80. The zero-order valence-electron chi connectivity index (χ0n) is 10.1. The molecule has 2 atom stereocenters. The van der Waals surface area contributed by atoms with Crippen molar-refractivity contribution < 1.29 is 10.2 Å². The van der Waals surface area contributed by atoms with Crippen LogP contribution in [0, 0.1) is 5.92 Å². The summed E-state index contributed by atoms with van der Waals surface area (Å²) in [6, 6.07) is 2.07. The van der Waals surface area contributed by atoms with Gasteiger partial charge < -0.3 is 10.2 Å². The molecule has 0 aliphatic carbocycles. The molecule has 1 aromatic heterocycles.